The van der Waals surface area contributed by atoms with E-state index in [1.807, 2.05) is 0 Å². The van der Waals surface area contributed by atoms with Crippen LogP contribution in [0.5, 0.6) is 5.75 Å². The van der Waals surface area contributed by atoms with Gasteiger partial charge in [-0.25, -0.2) is 21.6 Å². The van der Waals surface area contributed by atoms with Crippen LogP contribution in [-0.4, -0.2) is 93.9 Å². The summed E-state index contributed by atoms with van der Waals surface area (Å²) in [5.74, 6) is 0.343. The summed E-state index contributed by atoms with van der Waals surface area (Å²) in [6.45, 7) is 1.40. The number of nitrogens with one attached hydrogen (secondary N) is 2. The van der Waals surface area contributed by atoms with E-state index in [-0.39, 0.29) is 29.0 Å². The minimum atomic E-state index is -3.70. The Balaban J connectivity index is 1.09. The van der Waals surface area contributed by atoms with Crippen molar-refractivity contribution in [3.63, 3.8) is 0 Å². The van der Waals surface area contributed by atoms with Gasteiger partial charge in [0.25, 0.3) is 0 Å². The van der Waals surface area contributed by atoms with Gasteiger partial charge in [0.2, 0.25) is 20.0 Å². The summed E-state index contributed by atoms with van der Waals surface area (Å²) < 4.78 is 65.9. The molecular formula is C26H33N5O7S2. The monoisotopic (exact) mass is 591 g/mol. The maximum atomic E-state index is 13.3. The Morgan fingerprint density at radius 3 is 2.67 bits per heavy atom. The van der Waals surface area contributed by atoms with E-state index in [2.05, 4.69) is 20.0 Å². The third kappa shape index (κ3) is 6.28. The zero-order valence-corrected chi connectivity index (χ0v) is 23.7. The van der Waals surface area contributed by atoms with Crippen molar-refractivity contribution < 1.29 is 31.4 Å². The molecule has 2 aliphatic rings. The molecule has 12 nitrogen and oxygen atoms in total. The average molecular weight is 592 g/mol. The Kier molecular flexibility index (Phi) is 8.38. The zero-order valence-electron chi connectivity index (χ0n) is 22.1. The molecule has 3 aromatic rings. The molecule has 0 aliphatic carbocycles. The van der Waals surface area contributed by atoms with Crippen molar-refractivity contribution >= 4 is 31.1 Å². The van der Waals surface area contributed by atoms with E-state index >= 15 is 0 Å². The third-order valence-electron chi connectivity index (χ3n) is 7.38. The number of hydrogen-bond donors (Lipinski definition) is 3. The largest absolute Gasteiger partial charge is 0.491 e. The molecule has 1 spiro atoms. The molecule has 2 unspecified atom stereocenters. The van der Waals surface area contributed by atoms with Gasteiger partial charge < -0.3 is 19.9 Å². The second kappa shape index (κ2) is 11.6. The molecule has 0 bridgehead atoms. The van der Waals surface area contributed by atoms with E-state index in [4.69, 9.17) is 9.47 Å². The van der Waals surface area contributed by atoms with Gasteiger partial charge in [-0.1, -0.05) is 6.07 Å². The number of ether oxygens (including phenoxy) is 2. The Morgan fingerprint density at radius 2 is 1.90 bits per heavy atom. The van der Waals surface area contributed by atoms with Crippen LogP contribution in [0.3, 0.4) is 0 Å². The highest BCUT2D eigenvalue weighted by molar-refractivity contribution is 7.89. The van der Waals surface area contributed by atoms with Gasteiger partial charge >= 0.3 is 0 Å². The van der Waals surface area contributed by atoms with E-state index in [1.165, 1.54) is 29.7 Å². The van der Waals surface area contributed by atoms with Gasteiger partial charge in [0.1, 0.15) is 23.4 Å². The maximum Gasteiger partial charge on any atom is 0.244 e. The number of aliphatic hydroxyl groups excluding tert-OH is 1. The molecule has 2 aromatic heterocycles. The molecule has 1 aromatic carbocycles. The Hall–Kier alpha value is -2.72. The molecule has 0 radical (unpaired) electrons. The molecule has 3 N–H and O–H groups in total. The van der Waals surface area contributed by atoms with Gasteiger partial charge in [-0.2, -0.15) is 4.31 Å². The normalized spacial score (nSPS) is 20.6. The lowest BCUT2D eigenvalue weighted by atomic mass is 9.88. The van der Waals surface area contributed by atoms with Crippen molar-refractivity contribution in [3.8, 4) is 5.75 Å². The number of benzene rings is 1. The Morgan fingerprint density at radius 1 is 1.10 bits per heavy atom. The lowest BCUT2D eigenvalue weighted by molar-refractivity contribution is -0.0312. The molecule has 2 atom stereocenters. The van der Waals surface area contributed by atoms with Crippen LogP contribution in [0, 0.1) is 0 Å². The summed E-state index contributed by atoms with van der Waals surface area (Å²) in [4.78, 5) is 8.68. The molecule has 0 amide bonds. The Bertz CT molecular complexity index is 1560. The lowest BCUT2D eigenvalue weighted by Crippen LogP contribution is -2.47. The minimum absolute atomic E-state index is 0.0117. The number of sulfonamides is 2. The number of aliphatic hydroxyl groups is 1. The lowest BCUT2D eigenvalue weighted by Gasteiger charge is -2.38. The molecule has 2 fully saturated rings. The first kappa shape index (κ1) is 28.8. The summed E-state index contributed by atoms with van der Waals surface area (Å²) in [5.41, 5.74) is 0.767. The van der Waals surface area contributed by atoms with Crippen LogP contribution >= 0.6 is 0 Å². The van der Waals surface area contributed by atoms with Crippen molar-refractivity contribution in [2.24, 2.45) is 0 Å². The fourth-order valence-corrected chi connectivity index (χ4v) is 7.26. The minimum Gasteiger partial charge on any atom is -0.491 e. The molecule has 5 rings (SSSR count). The van der Waals surface area contributed by atoms with Gasteiger partial charge in [0, 0.05) is 44.1 Å². The van der Waals surface area contributed by atoms with Crippen molar-refractivity contribution in [2.75, 3.05) is 39.9 Å². The summed E-state index contributed by atoms with van der Waals surface area (Å²) >= 11 is 0. The van der Waals surface area contributed by atoms with Crippen LogP contribution in [0.15, 0.2) is 64.6 Å². The van der Waals surface area contributed by atoms with Crippen LogP contribution in [0.25, 0.3) is 11.0 Å². The summed E-state index contributed by atoms with van der Waals surface area (Å²) in [6, 6.07) is 11.2. The zero-order chi connectivity index (χ0) is 28.4. The molecule has 2 aliphatic heterocycles. The molecule has 40 heavy (non-hydrogen) atoms. The van der Waals surface area contributed by atoms with E-state index in [0.717, 1.165) is 0 Å². The highest BCUT2D eigenvalue weighted by Crippen LogP contribution is 2.37. The number of fused-ring (bicyclic) bond motifs is 1. The van der Waals surface area contributed by atoms with Crippen LogP contribution < -0.4 is 14.8 Å². The standard InChI is InChI=1S/C26H33N5O7S2/c1-27-39(33,34)22-5-2-4-21(12-22)37-18-20(32)15-29-19-14-26(38-17-19)7-10-31(11-8-26)40(35,36)23-13-25-24(30-16-23)6-3-9-28-25/h2-6,9,12-13,16,19-20,27,29,32H,7-8,10-11,14-15,17-18H2,1H3. The number of hydrogen-bond acceptors (Lipinski definition) is 10. The van der Waals surface area contributed by atoms with Crippen molar-refractivity contribution in [1.29, 1.82) is 0 Å². The van der Waals surface area contributed by atoms with Crippen molar-refractivity contribution in [1.82, 2.24) is 24.3 Å². The van der Waals surface area contributed by atoms with E-state index < -0.39 is 31.8 Å². The maximum absolute atomic E-state index is 13.3. The molecule has 2 saturated heterocycles. The highest BCUT2D eigenvalue weighted by atomic mass is 32.2. The first-order chi connectivity index (χ1) is 19.1. The second-order valence-corrected chi connectivity index (χ2v) is 13.9. The highest BCUT2D eigenvalue weighted by Gasteiger charge is 2.44. The fraction of sp³-hybridized carbons (Fsp3) is 0.462. The first-order valence-electron chi connectivity index (χ1n) is 13.0. The quantitative estimate of drug-likeness (QED) is 0.309. The SMILES string of the molecule is CNS(=O)(=O)c1cccc(OCC(O)CNC2COC3(CCN(S(=O)(=O)c4cnc5cccnc5c4)CC3)C2)c1. The van der Waals surface area contributed by atoms with Gasteiger partial charge in [-0.05, 0) is 56.6 Å². The van der Waals surface area contributed by atoms with Crippen LogP contribution in [0.4, 0.5) is 0 Å². The smallest absolute Gasteiger partial charge is 0.244 e. The van der Waals surface area contributed by atoms with Crippen LogP contribution in [0.2, 0.25) is 0 Å². The number of rotatable bonds is 10. The third-order valence-corrected chi connectivity index (χ3v) is 10.7. The van der Waals surface area contributed by atoms with E-state index in [1.54, 1.807) is 36.5 Å². The molecule has 0 saturated carbocycles. The molecule has 14 heteroatoms. The molecular weight excluding hydrogens is 558 g/mol. The summed E-state index contributed by atoms with van der Waals surface area (Å²) in [7, 11) is -5.95. The van der Waals surface area contributed by atoms with Gasteiger partial charge in [-0.15, -0.1) is 0 Å². The predicted octanol–water partition coefficient (Wildman–Crippen LogP) is 0.880. The molecule has 216 valence electrons. The molecule has 4 heterocycles. The number of nitrogens with zero attached hydrogens (tertiary/aromatic N) is 3. The van der Waals surface area contributed by atoms with Crippen molar-refractivity contribution in [3.05, 3.63) is 54.9 Å². The number of pyridine rings is 2. The van der Waals surface area contributed by atoms with E-state index in [0.29, 0.717) is 55.7 Å². The Labute approximate surface area is 233 Å². The van der Waals surface area contributed by atoms with Gasteiger partial charge in [0.05, 0.1) is 28.1 Å². The van der Waals surface area contributed by atoms with E-state index in [9.17, 15) is 21.9 Å². The topological polar surface area (TPSA) is 160 Å². The number of aromatic nitrogens is 2. The predicted molar refractivity (Wildman–Crippen MR) is 147 cm³/mol. The second-order valence-electron chi connectivity index (χ2n) is 10.1. The first-order valence-corrected chi connectivity index (χ1v) is 16.0. The van der Waals surface area contributed by atoms with Gasteiger partial charge in [-0.3, -0.25) is 9.97 Å². The summed E-state index contributed by atoms with van der Waals surface area (Å²) in [5, 5.41) is 13.7. The average Bonchev–Trinajstić information content (AvgIpc) is 3.37. The van der Waals surface area contributed by atoms with Crippen LogP contribution in [0.1, 0.15) is 19.3 Å². The summed E-state index contributed by atoms with van der Waals surface area (Å²) in [6.07, 6.45) is 4.02. The van der Waals surface area contributed by atoms with Crippen LogP contribution in [-0.2, 0) is 24.8 Å². The fourth-order valence-electron chi connectivity index (χ4n) is 5.09. The number of piperidine rings is 1. The van der Waals surface area contributed by atoms with Gasteiger partial charge in [0.15, 0.2) is 0 Å². The van der Waals surface area contributed by atoms with Crippen molar-refractivity contribution in [2.45, 2.75) is 46.8 Å².